The molecule has 1 aromatic rings. The van der Waals surface area contributed by atoms with Crippen LogP contribution in [0.4, 0.5) is 0 Å². The number of benzene rings is 1. The lowest BCUT2D eigenvalue weighted by Crippen LogP contribution is -2.17. The molecule has 2 rings (SSSR count). The standard InChI is InChI=1S/C10H11BrClN/c11-8-5-7-6(4-9(8)12)2-1-3-10(7)13/h4-5,10H,1-3,13H2. The van der Waals surface area contributed by atoms with Crippen molar-refractivity contribution >= 4 is 27.5 Å². The van der Waals surface area contributed by atoms with Gasteiger partial charge in [-0.1, -0.05) is 11.6 Å². The van der Waals surface area contributed by atoms with Crippen molar-refractivity contribution in [1.29, 1.82) is 0 Å². The van der Waals surface area contributed by atoms with Crippen LogP contribution in [0.3, 0.4) is 0 Å². The first-order valence-electron chi connectivity index (χ1n) is 4.42. The molecule has 0 spiro atoms. The lowest BCUT2D eigenvalue weighted by atomic mass is 9.88. The van der Waals surface area contributed by atoms with E-state index < -0.39 is 0 Å². The monoisotopic (exact) mass is 259 g/mol. The van der Waals surface area contributed by atoms with Crippen molar-refractivity contribution in [2.45, 2.75) is 25.3 Å². The Bertz CT molecular complexity index is 338. The lowest BCUT2D eigenvalue weighted by molar-refractivity contribution is 0.570. The van der Waals surface area contributed by atoms with Gasteiger partial charge >= 0.3 is 0 Å². The maximum atomic E-state index is 6.01. The van der Waals surface area contributed by atoms with Crippen LogP contribution < -0.4 is 5.73 Å². The van der Waals surface area contributed by atoms with Crippen molar-refractivity contribution in [3.05, 3.63) is 32.8 Å². The van der Waals surface area contributed by atoms with E-state index in [1.54, 1.807) is 0 Å². The van der Waals surface area contributed by atoms with Gasteiger partial charge < -0.3 is 5.73 Å². The first kappa shape index (κ1) is 9.50. The molecule has 13 heavy (non-hydrogen) atoms. The third-order valence-electron chi connectivity index (χ3n) is 2.54. The number of nitrogens with two attached hydrogens (primary N) is 1. The Hall–Kier alpha value is -0.0500. The topological polar surface area (TPSA) is 26.0 Å². The summed E-state index contributed by atoms with van der Waals surface area (Å²) in [6, 6.07) is 4.28. The van der Waals surface area contributed by atoms with Crippen LogP contribution in [0.25, 0.3) is 0 Å². The molecule has 1 nitrogen and oxygen atoms in total. The second-order valence-corrected chi connectivity index (χ2v) is 4.73. The molecule has 0 heterocycles. The Labute approximate surface area is 91.4 Å². The highest BCUT2D eigenvalue weighted by atomic mass is 79.9. The number of rotatable bonds is 0. The molecule has 1 aliphatic rings. The molecule has 70 valence electrons. The second kappa shape index (κ2) is 3.60. The number of halogens is 2. The number of aryl methyl sites for hydroxylation is 1. The fourth-order valence-corrected chi connectivity index (χ4v) is 2.38. The van der Waals surface area contributed by atoms with Crippen molar-refractivity contribution in [1.82, 2.24) is 0 Å². The molecule has 0 radical (unpaired) electrons. The molecule has 1 unspecified atom stereocenters. The highest BCUT2D eigenvalue weighted by Crippen LogP contribution is 2.34. The van der Waals surface area contributed by atoms with E-state index >= 15 is 0 Å². The van der Waals surface area contributed by atoms with Crippen LogP contribution in [0.1, 0.15) is 30.0 Å². The van der Waals surface area contributed by atoms with E-state index in [2.05, 4.69) is 22.0 Å². The molecule has 0 fully saturated rings. The summed E-state index contributed by atoms with van der Waals surface area (Å²) >= 11 is 9.42. The maximum Gasteiger partial charge on any atom is 0.0551 e. The molecule has 0 saturated heterocycles. The number of hydrogen-bond acceptors (Lipinski definition) is 1. The summed E-state index contributed by atoms with van der Waals surface area (Å²) in [4.78, 5) is 0. The van der Waals surface area contributed by atoms with Gasteiger partial charge in [-0.15, -0.1) is 0 Å². The fourth-order valence-electron chi connectivity index (χ4n) is 1.83. The molecule has 0 bridgehead atoms. The summed E-state index contributed by atoms with van der Waals surface area (Å²) < 4.78 is 0.949. The zero-order chi connectivity index (χ0) is 9.42. The highest BCUT2D eigenvalue weighted by molar-refractivity contribution is 9.10. The molecule has 0 saturated carbocycles. The van der Waals surface area contributed by atoms with E-state index in [0.717, 1.165) is 22.3 Å². The molecule has 1 atom stereocenters. The fraction of sp³-hybridized carbons (Fsp3) is 0.400. The summed E-state index contributed by atoms with van der Waals surface area (Å²) in [6.45, 7) is 0. The van der Waals surface area contributed by atoms with Gasteiger partial charge in [-0.25, -0.2) is 0 Å². The van der Waals surface area contributed by atoms with Crippen LogP contribution in [-0.4, -0.2) is 0 Å². The van der Waals surface area contributed by atoms with E-state index in [9.17, 15) is 0 Å². The van der Waals surface area contributed by atoms with Crippen LogP contribution >= 0.6 is 27.5 Å². The van der Waals surface area contributed by atoms with E-state index in [4.69, 9.17) is 17.3 Å². The van der Waals surface area contributed by atoms with Gasteiger partial charge in [0.05, 0.1) is 5.02 Å². The largest absolute Gasteiger partial charge is 0.324 e. The van der Waals surface area contributed by atoms with Crippen molar-refractivity contribution in [3.8, 4) is 0 Å². The minimum atomic E-state index is 0.192. The minimum absolute atomic E-state index is 0.192. The molecular weight excluding hydrogens is 249 g/mol. The Balaban J connectivity index is 2.52. The van der Waals surface area contributed by atoms with Gasteiger partial charge in [-0.2, -0.15) is 0 Å². The number of hydrogen-bond donors (Lipinski definition) is 1. The molecule has 2 N–H and O–H groups in total. The van der Waals surface area contributed by atoms with Crippen molar-refractivity contribution in [3.63, 3.8) is 0 Å². The second-order valence-electron chi connectivity index (χ2n) is 3.46. The molecule has 0 aromatic heterocycles. The summed E-state index contributed by atoms with van der Waals surface area (Å²) in [7, 11) is 0. The van der Waals surface area contributed by atoms with E-state index in [0.29, 0.717) is 0 Å². The van der Waals surface area contributed by atoms with Crippen LogP contribution in [0, 0.1) is 0 Å². The van der Waals surface area contributed by atoms with Crippen LogP contribution in [0.5, 0.6) is 0 Å². The third kappa shape index (κ3) is 1.76. The van der Waals surface area contributed by atoms with Crippen LogP contribution in [0.2, 0.25) is 5.02 Å². The first-order chi connectivity index (χ1) is 6.18. The van der Waals surface area contributed by atoms with Gasteiger partial charge in [0, 0.05) is 10.5 Å². The molecule has 0 amide bonds. The molecule has 1 aromatic carbocycles. The first-order valence-corrected chi connectivity index (χ1v) is 5.59. The summed E-state index contributed by atoms with van der Waals surface area (Å²) in [5.74, 6) is 0. The summed E-state index contributed by atoms with van der Waals surface area (Å²) in [6.07, 6.45) is 3.36. The Morgan fingerprint density at radius 1 is 1.46 bits per heavy atom. The van der Waals surface area contributed by atoms with Gasteiger partial charge in [0.2, 0.25) is 0 Å². The van der Waals surface area contributed by atoms with Gasteiger partial charge in [0.1, 0.15) is 0 Å². The smallest absolute Gasteiger partial charge is 0.0551 e. The Kier molecular flexibility index (Phi) is 2.63. The van der Waals surface area contributed by atoms with Gasteiger partial charge in [0.25, 0.3) is 0 Å². The predicted molar refractivity (Wildman–Crippen MR) is 59.0 cm³/mol. The quantitative estimate of drug-likeness (QED) is 0.760. The van der Waals surface area contributed by atoms with Crippen LogP contribution in [-0.2, 0) is 6.42 Å². The van der Waals surface area contributed by atoms with Gasteiger partial charge in [0.15, 0.2) is 0 Å². The van der Waals surface area contributed by atoms with E-state index in [-0.39, 0.29) is 6.04 Å². The Morgan fingerprint density at radius 2 is 2.23 bits per heavy atom. The molecule has 0 aliphatic heterocycles. The normalized spacial score (nSPS) is 21.3. The van der Waals surface area contributed by atoms with Crippen molar-refractivity contribution in [2.75, 3.05) is 0 Å². The average Bonchev–Trinajstić information content (AvgIpc) is 2.09. The zero-order valence-electron chi connectivity index (χ0n) is 7.19. The van der Waals surface area contributed by atoms with E-state index in [1.165, 1.54) is 17.5 Å². The van der Waals surface area contributed by atoms with Crippen molar-refractivity contribution in [2.24, 2.45) is 5.73 Å². The SMILES string of the molecule is NC1CCCc2cc(Cl)c(Br)cc21. The lowest BCUT2D eigenvalue weighted by Gasteiger charge is -2.22. The molecular formula is C10H11BrClN. The minimum Gasteiger partial charge on any atom is -0.324 e. The summed E-state index contributed by atoms with van der Waals surface area (Å²) in [5, 5.41) is 0.785. The third-order valence-corrected chi connectivity index (χ3v) is 3.74. The van der Waals surface area contributed by atoms with Gasteiger partial charge in [-0.05, 0) is 58.5 Å². The van der Waals surface area contributed by atoms with Crippen molar-refractivity contribution < 1.29 is 0 Å². The molecule has 3 heteroatoms. The summed E-state index contributed by atoms with van der Waals surface area (Å²) in [5.41, 5.74) is 8.57. The van der Waals surface area contributed by atoms with E-state index in [1.807, 2.05) is 6.07 Å². The average molecular weight is 261 g/mol. The highest BCUT2D eigenvalue weighted by Gasteiger charge is 2.17. The van der Waals surface area contributed by atoms with Gasteiger partial charge in [-0.3, -0.25) is 0 Å². The molecule has 1 aliphatic carbocycles. The predicted octanol–water partition coefficient (Wildman–Crippen LogP) is 3.44. The number of fused-ring (bicyclic) bond motifs is 1. The van der Waals surface area contributed by atoms with Crippen LogP contribution in [0.15, 0.2) is 16.6 Å². The Morgan fingerprint density at radius 3 is 3.00 bits per heavy atom. The maximum absolute atomic E-state index is 6.01. The zero-order valence-corrected chi connectivity index (χ0v) is 9.53.